The molecule has 0 bridgehead atoms. The van der Waals surface area contributed by atoms with E-state index in [1.165, 1.54) is 0 Å². The van der Waals surface area contributed by atoms with Gasteiger partial charge in [0.25, 0.3) is 0 Å². The standard InChI is InChI=1S/C17H33N3O3.HI/c1-14(2)13-21-9-5-7-19-17(18-3)20-8-11-23-16(12-20)15-6-4-10-22-15;/h14-16H,4-13H2,1-3H3,(H,18,19);1H. The van der Waals surface area contributed by atoms with Gasteiger partial charge in [0.15, 0.2) is 5.96 Å². The summed E-state index contributed by atoms with van der Waals surface area (Å²) in [6, 6.07) is 0. The number of aliphatic imine (C=N–C) groups is 1. The van der Waals surface area contributed by atoms with Crippen LogP contribution in [0.15, 0.2) is 4.99 Å². The molecule has 0 aliphatic carbocycles. The molecule has 2 heterocycles. The fourth-order valence-corrected chi connectivity index (χ4v) is 3.01. The van der Waals surface area contributed by atoms with Gasteiger partial charge >= 0.3 is 0 Å². The number of nitrogens with zero attached hydrogens (tertiary/aromatic N) is 2. The molecule has 7 heteroatoms. The van der Waals surface area contributed by atoms with Crippen LogP contribution in [-0.4, -0.2) is 76.2 Å². The Morgan fingerprint density at radius 3 is 2.75 bits per heavy atom. The van der Waals surface area contributed by atoms with Crippen molar-refractivity contribution >= 4 is 29.9 Å². The van der Waals surface area contributed by atoms with Crippen LogP contribution in [0, 0.1) is 5.92 Å². The zero-order valence-electron chi connectivity index (χ0n) is 15.3. The maximum Gasteiger partial charge on any atom is 0.193 e. The third-order valence-electron chi connectivity index (χ3n) is 4.18. The Bertz CT molecular complexity index is 363. The van der Waals surface area contributed by atoms with Gasteiger partial charge in [-0.3, -0.25) is 4.99 Å². The van der Waals surface area contributed by atoms with Crippen LogP contribution in [0.2, 0.25) is 0 Å². The zero-order chi connectivity index (χ0) is 16.5. The van der Waals surface area contributed by atoms with Crippen molar-refractivity contribution in [2.45, 2.75) is 45.3 Å². The lowest BCUT2D eigenvalue weighted by Crippen LogP contribution is -2.53. The van der Waals surface area contributed by atoms with E-state index in [1.54, 1.807) is 0 Å². The summed E-state index contributed by atoms with van der Waals surface area (Å²) in [6.07, 6.45) is 3.66. The molecular formula is C17H34IN3O3. The molecule has 0 aromatic carbocycles. The molecule has 1 N–H and O–H groups in total. The van der Waals surface area contributed by atoms with Crippen molar-refractivity contribution in [1.82, 2.24) is 10.2 Å². The number of halogens is 1. The predicted octanol–water partition coefficient (Wildman–Crippen LogP) is 2.12. The number of ether oxygens (including phenoxy) is 3. The van der Waals surface area contributed by atoms with Crippen molar-refractivity contribution in [3.8, 4) is 0 Å². The molecule has 2 fully saturated rings. The molecule has 6 nitrogen and oxygen atoms in total. The Labute approximate surface area is 163 Å². The lowest BCUT2D eigenvalue weighted by Gasteiger charge is -2.37. The Morgan fingerprint density at radius 1 is 1.29 bits per heavy atom. The molecule has 0 amide bonds. The minimum absolute atomic E-state index is 0. The smallest absolute Gasteiger partial charge is 0.193 e. The van der Waals surface area contributed by atoms with Crippen molar-refractivity contribution in [1.29, 1.82) is 0 Å². The summed E-state index contributed by atoms with van der Waals surface area (Å²) in [5, 5.41) is 3.44. The highest BCUT2D eigenvalue weighted by molar-refractivity contribution is 14.0. The van der Waals surface area contributed by atoms with E-state index in [0.29, 0.717) is 5.92 Å². The van der Waals surface area contributed by atoms with Gasteiger partial charge < -0.3 is 24.4 Å². The predicted molar refractivity (Wildman–Crippen MR) is 107 cm³/mol. The Morgan fingerprint density at radius 2 is 2.08 bits per heavy atom. The Balaban J connectivity index is 0.00000288. The van der Waals surface area contributed by atoms with E-state index >= 15 is 0 Å². The number of morpholine rings is 1. The molecule has 2 atom stereocenters. The lowest BCUT2D eigenvalue weighted by atomic mass is 10.1. The van der Waals surface area contributed by atoms with E-state index in [0.717, 1.165) is 71.3 Å². The van der Waals surface area contributed by atoms with Crippen molar-refractivity contribution in [3.05, 3.63) is 0 Å². The third-order valence-corrected chi connectivity index (χ3v) is 4.18. The molecule has 0 aromatic heterocycles. The minimum Gasteiger partial charge on any atom is -0.381 e. The van der Waals surface area contributed by atoms with E-state index in [-0.39, 0.29) is 36.2 Å². The summed E-state index contributed by atoms with van der Waals surface area (Å²) in [5.41, 5.74) is 0. The second kappa shape index (κ2) is 12.3. The van der Waals surface area contributed by atoms with Gasteiger partial charge in [0, 0.05) is 46.5 Å². The van der Waals surface area contributed by atoms with Crippen molar-refractivity contribution in [3.63, 3.8) is 0 Å². The highest BCUT2D eigenvalue weighted by Gasteiger charge is 2.32. The summed E-state index contributed by atoms with van der Waals surface area (Å²) in [6.45, 7) is 10.2. The highest BCUT2D eigenvalue weighted by atomic mass is 127. The van der Waals surface area contributed by atoms with E-state index < -0.39 is 0 Å². The average Bonchev–Trinajstić information content (AvgIpc) is 3.08. The van der Waals surface area contributed by atoms with Crippen molar-refractivity contribution in [2.24, 2.45) is 10.9 Å². The highest BCUT2D eigenvalue weighted by Crippen LogP contribution is 2.20. The van der Waals surface area contributed by atoms with Crippen LogP contribution in [0.3, 0.4) is 0 Å². The molecule has 2 unspecified atom stereocenters. The number of nitrogens with one attached hydrogen (secondary N) is 1. The number of hydrogen-bond acceptors (Lipinski definition) is 4. The molecule has 142 valence electrons. The van der Waals surface area contributed by atoms with Gasteiger partial charge in [-0.05, 0) is 25.2 Å². The van der Waals surface area contributed by atoms with Gasteiger partial charge in [0.1, 0.15) is 6.10 Å². The monoisotopic (exact) mass is 455 g/mol. The van der Waals surface area contributed by atoms with E-state index in [1.807, 2.05) is 7.05 Å². The third kappa shape index (κ3) is 7.41. The molecule has 2 saturated heterocycles. The molecule has 2 aliphatic heterocycles. The molecule has 2 rings (SSSR count). The number of hydrogen-bond donors (Lipinski definition) is 1. The summed E-state index contributed by atoms with van der Waals surface area (Å²) in [4.78, 5) is 6.70. The summed E-state index contributed by atoms with van der Waals surface area (Å²) >= 11 is 0. The summed E-state index contributed by atoms with van der Waals surface area (Å²) in [5.74, 6) is 1.55. The second-order valence-electron chi connectivity index (χ2n) is 6.70. The van der Waals surface area contributed by atoms with Crippen LogP contribution in [0.4, 0.5) is 0 Å². The second-order valence-corrected chi connectivity index (χ2v) is 6.70. The van der Waals surface area contributed by atoms with Gasteiger partial charge in [-0.25, -0.2) is 0 Å². The molecular weight excluding hydrogens is 421 g/mol. The Kier molecular flexibility index (Phi) is 11.2. The van der Waals surface area contributed by atoms with Crippen LogP contribution in [0.1, 0.15) is 33.1 Å². The lowest BCUT2D eigenvalue weighted by molar-refractivity contribution is -0.0817. The molecule has 0 saturated carbocycles. The van der Waals surface area contributed by atoms with Crippen LogP contribution in [-0.2, 0) is 14.2 Å². The first-order valence-electron chi connectivity index (χ1n) is 8.97. The number of guanidine groups is 1. The van der Waals surface area contributed by atoms with Crippen molar-refractivity contribution < 1.29 is 14.2 Å². The van der Waals surface area contributed by atoms with Gasteiger partial charge in [0.05, 0.1) is 12.7 Å². The molecule has 0 aromatic rings. The first kappa shape index (κ1) is 21.9. The fourth-order valence-electron chi connectivity index (χ4n) is 3.01. The van der Waals surface area contributed by atoms with Gasteiger partial charge in [0.2, 0.25) is 0 Å². The maximum atomic E-state index is 5.90. The average molecular weight is 455 g/mol. The van der Waals surface area contributed by atoms with Crippen LogP contribution < -0.4 is 5.32 Å². The molecule has 2 aliphatic rings. The van der Waals surface area contributed by atoms with Gasteiger partial charge in [-0.1, -0.05) is 13.8 Å². The summed E-state index contributed by atoms with van der Waals surface area (Å²) < 4.78 is 17.3. The van der Waals surface area contributed by atoms with E-state index in [2.05, 4.69) is 29.1 Å². The largest absolute Gasteiger partial charge is 0.381 e. The van der Waals surface area contributed by atoms with Gasteiger partial charge in [-0.15, -0.1) is 24.0 Å². The van der Waals surface area contributed by atoms with E-state index in [4.69, 9.17) is 14.2 Å². The normalized spacial score (nSPS) is 25.0. The quantitative estimate of drug-likeness (QED) is 0.276. The minimum atomic E-state index is 0. The van der Waals surface area contributed by atoms with Crippen LogP contribution in [0.5, 0.6) is 0 Å². The maximum absolute atomic E-state index is 5.90. The SMILES string of the molecule is CN=C(NCCCOCC(C)C)N1CCOC(C2CCCO2)C1.I. The molecule has 24 heavy (non-hydrogen) atoms. The van der Waals surface area contributed by atoms with Crippen molar-refractivity contribution in [2.75, 3.05) is 53.1 Å². The topological polar surface area (TPSA) is 55.3 Å². The summed E-state index contributed by atoms with van der Waals surface area (Å²) in [7, 11) is 1.84. The first-order valence-corrected chi connectivity index (χ1v) is 8.97. The number of rotatable bonds is 7. The fraction of sp³-hybridized carbons (Fsp3) is 0.941. The van der Waals surface area contributed by atoms with Crippen LogP contribution >= 0.6 is 24.0 Å². The van der Waals surface area contributed by atoms with Gasteiger partial charge in [-0.2, -0.15) is 0 Å². The zero-order valence-corrected chi connectivity index (χ0v) is 17.7. The van der Waals surface area contributed by atoms with Crippen LogP contribution in [0.25, 0.3) is 0 Å². The Hall–Kier alpha value is -0.120. The van der Waals surface area contributed by atoms with E-state index in [9.17, 15) is 0 Å². The molecule has 0 radical (unpaired) electrons. The first-order chi connectivity index (χ1) is 11.2. The molecule has 0 spiro atoms.